The van der Waals surface area contributed by atoms with E-state index in [1.807, 2.05) is 66.7 Å². The van der Waals surface area contributed by atoms with Gasteiger partial charge in [0.1, 0.15) is 11.5 Å². The van der Waals surface area contributed by atoms with Crippen LogP contribution in [0.2, 0.25) is 5.02 Å². The fraction of sp³-hybridized carbons (Fsp3) is 0.174. The molecule has 0 fully saturated rings. The molecule has 0 aliphatic heterocycles. The summed E-state index contributed by atoms with van der Waals surface area (Å²) in [5.74, 6) is -0.342. The molecule has 2 unspecified atom stereocenters. The third-order valence-electron chi connectivity index (χ3n) is 5.14. The largest absolute Gasteiger partial charge is 0.481 e. The zero-order valence-corrected chi connectivity index (χ0v) is 17.1. The van der Waals surface area contributed by atoms with Gasteiger partial charge in [0, 0.05) is 16.6 Å². The first-order valence-corrected chi connectivity index (χ1v) is 9.55. The molecule has 4 nitrogen and oxygen atoms in total. The zero-order chi connectivity index (χ0) is 19.7. The lowest BCUT2D eigenvalue weighted by molar-refractivity contribution is -0.139. The Bertz CT molecular complexity index is 1040. The van der Waals surface area contributed by atoms with Crippen molar-refractivity contribution in [3.05, 3.63) is 82.9 Å². The maximum Gasteiger partial charge on any atom is 0.312 e. The van der Waals surface area contributed by atoms with E-state index >= 15 is 0 Å². The number of carbonyl (C=O) groups is 1. The Morgan fingerprint density at radius 1 is 1.07 bits per heavy atom. The van der Waals surface area contributed by atoms with Gasteiger partial charge < -0.3 is 15.6 Å². The predicted molar refractivity (Wildman–Crippen MR) is 117 cm³/mol. The zero-order valence-electron chi connectivity index (χ0n) is 15.5. The van der Waals surface area contributed by atoms with Gasteiger partial charge >= 0.3 is 5.97 Å². The standard InChI is InChI=1S/C23H20ClNO3.ClH/c24-16-5-3-4-15(12-16)18-6-1-2-7-21(18)28-17-10-8-14-9-11-20(25)22(23(26)27)19(14)13-17;/h1-8,10,12-13,20,22H,9,11,25H2,(H,26,27);1H. The lowest BCUT2D eigenvalue weighted by atomic mass is 9.79. The minimum absolute atomic E-state index is 0. The van der Waals surface area contributed by atoms with Gasteiger partial charge in [0.05, 0.1) is 5.92 Å². The van der Waals surface area contributed by atoms with Crippen molar-refractivity contribution >= 4 is 30.0 Å². The van der Waals surface area contributed by atoms with Gasteiger partial charge in [-0.15, -0.1) is 12.4 Å². The Morgan fingerprint density at radius 2 is 1.86 bits per heavy atom. The van der Waals surface area contributed by atoms with Crippen LogP contribution < -0.4 is 10.5 Å². The van der Waals surface area contributed by atoms with Crippen LogP contribution in [-0.4, -0.2) is 17.1 Å². The first kappa shape index (κ1) is 21.2. The average molecular weight is 430 g/mol. The molecule has 0 saturated carbocycles. The lowest BCUT2D eigenvalue weighted by Crippen LogP contribution is -2.37. The summed E-state index contributed by atoms with van der Waals surface area (Å²) in [4.78, 5) is 11.7. The van der Waals surface area contributed by atoms with Crippen LogP contribution >= 0.6 is 24.0 Å². The van der Waals surface area contributed by atoms with E-state index in [9.17, 15) is 9.90 Å². The molecule has 0 radical (unpaired) electrons. The Hall–Kier alpha value is -2.53. The van der Waals surface area contributed by atoms with Crippen LogP contribution in [0.25, 0.3) is 11.1 Å². The van der Waals surface area contributed by atoms with Crippen molar-refractivity contribution in [1.29, 1.82) is 0 Å². The van der Waals surface area contributed by atoms with Crippen molar-refractivity contribution in [2.75, 3.05) is 0 Å². The number of ether oxygens (including phenoxy) is 1. The number of hydrogen-bond acceptors (Lipinski definition) is 3. The van der Waals surface area contributed by atoms with Crippen LogP contribution in [0.1, 0.15) is 23.5 Å². The number of hydrogen-bond donors (Lipinski definition) is 2. The van der Waals surface area contributed by atoms with E-state index in [1.54, 1.807) is 0 Å². The van der Waals surface area contributed by atoms with Gasteiger partial charge in [-0.05, 0) is 59.9 Å². The van der Waals surface area contributed by atoms with Crippen LogP contribution in [0.5, 0.6) is 11.5 Å². The molecule has 4 rings (SSSR count). The summed E-state index contributed by atoms with van der Waals surface area (Å²) in [5, 5.41) is 10.3. The predicted octanol–water partition coefficient (Wildman–Crippen LogP) is 5.66. The number of nitrogens with two attached hydrogens (primary N) is 1. The van der Waals surface area contributed by atoms with Gasteiger partial charge in [-0.2, -0.15) is 0 Å². The van der Waals surface area contributed by atoms with E-state index in [-0.39, 0.29) is 18.4 Å². The minimum atomic E-state index is -0.898. The normalized spacial score (nSPS) is 17.7. The summed E-state index contributed by atoms with van der Waals surface area (Å²) in [6.45, 7) is 0. The third kappa shape index (κ3) is 4.40. The van der Waals surface area contributed by atoms with E-state index in [4.69, 9.17) is 22.1 Å². The Labute approximate surface area is 180 Å². The first-order valence-electron chi connectivity index (χ1n) is 9.17. The van der Waals surface area contributed by atoms with Crippen LogP contribution in [0, 0.1) is 0 Å². The number of halogens is 2. The number of benzene rings is 3. The van der Waals surface area contributed by atoms with Gasteiger partial charge in [-0.3, -0.25) is 4.79 Å². The summed E-state index contributed by atoms with van der Waals surface area (Å²) in [7, 11) is 0. The van der Waals surface area contributed by atoms with Crippen molar-refractivity contribution in [3.8, 4) is 22.6 Å². The van der Waals surface area contributed by atoms with Crippen LogP contribution in [0.3, 0.4) is 0 Å². The Balaban J connectivity index is 0.00000240. The summed E-state index contributed by atoms with van der Waals surface area (Å²) in [5.41, 5.74) is 9.70. The number of fused-ring (bicyclic) bond motifs is 1. The molecule has 0 bridgehead atoms. The molecule has 3 N–H and O–H groups in total. The molecule has 150 valence electrons. The van der Waals surface area contributed by atoms with E-state index in [1.165, 1.54) is 0 Å². The highest BCUT2D eigenvalue weighted by atomic mass is 35.5. The van der Waals surface area contributed by atoms with E-state index in [0.717, 1.165) is 28.7 Å². The average Bonchev–Trinajstić information content (AvgIpc) is 2.68. The van der Waals surface area contributed by atoms with Gasteiger partial charge in [-0.25, -0.2) is 0 Å². The summed E-state index contributed by atoms with van der Waals surface area (Å²) in [6, 6.07) is 20.5. The number of aliphatic carboxylic acids is 1. The molecule has 1 aliphatic rings. The molecule has 29 heavy (non-hydrogen) atoms. The fourth-order valence-corrected chi connectivity index (χ4v) is 3.96. The first-order chi connectivity index (χ1) is 13.5. The van der Waals surface area contributed by atoms with Crippen LogP contribution in [-0.2, 0) is 11.2 Å². The van der Waals surface area contributed by atoms with Crippen LogP contribution in [0.4, 0.5) is 0 Å². The van der Waals surface area contributed by atoms with Crippen molar-refractivity contribution < 1.29 is 14.6 Å². The van der Waals surface area contributed by atoms with Crippen molar-refractivity contribution in [3.63, 3.8) is 0 Å². The van der Waals surface area contributed by atoms with Crippen molar-refractivity contribution in [2.24, 2.45) is 5.73 Å². The molecule has 0 heterocycles. The van der Waals surface area contributed by atoms with E-state index in [0.29, 0.717) is 22.9 Å². The van der Waals surface area contributed by atoms with Crippen LogP contribution in [0.15, 0.2) is 66.7 Å². The van der Waals surface area contributed by atoms with E-state index < -0.39 is 11.9 Å². The number of carboxylic acids is 1. The second kappa shape index (κ2) is 8.87. The Morgan fingerprint density at radius 3 is 2.62 bits per heavy atom. The molecule has 0 aromatic heterocycles. The number of aryl methyl sites for hydroxylation is 1. The molecule has 1 aliphatic carbocycles. The molecule has 3 aromatic carbocycles. The van der Waals surface area contributed by atoms with Crippen molar-refractivity contribution in [1.82, 2.24) is 0 Å². The summed E-state index contributed by atoms with van der Waals surface area (Å²) in [6.07, 6.45) is 1.45. The number of para-hydroxylation sites is 1. The topological polar surface area (TPSA) is 72.5 Å². The second-order valence-electron chi connectivity index (χ2n) is 6.99. The summed E-state index contributed by atoms with van der Waals surface area (Å²) >= 11 is 6.14. The maximum atomic E-state index is 11.7. The van der Waals surface area contributed by atoms with Crippen molar-refractivity contribution in [2.45, 2.75) is 24.8 Å². The molecule has 2 atom stereocenters. The monoisotopic (exact) mass is 429 g/mol. The smallest absolute Gasteiger partial charge is 0.312 e. The maximum absolute atomic E-state index is 11.7. The molecular weight excluding hydrogens is 409 g/mol. The molecule has 0 saturated heterocycles. The molecule has 3 aromatic rings. The third-order valence-corrected chi connectivity index (χ3v) is 5.38. The van der Waals surface area contributed by atoms with Gasteiger partial charge in [-0.1, -0.05) is 48.0 Å². The highest BCUT2D eigenvalue weighted by Crippen LogP contribution is 2.38. The quantitative estimate of drug-likeness (QED) is 0.560. The highest BCUT2D eigenvalue weighted by molar-refractivity contribution is 6.30. The molecule has 0 amide bonds. The number of rotatable bonds is 4. The Kier molecular flexibility index (Phi) is 6.48. The van der Waals surface area contributed by atoms with E-state index in [2.05, 4.69) is 0 Å². The van der Waals surface area contributed by atoms with Gasteiger partial charge in [0.2, 0.25) is 0 Å². The lowest BCUT2D eigenvalue weighted by Gasteiger charge is -2.28. The molecule has 6 heteroatoms. The van der Waals surface area contributed by atoms with Gasteiger partial charge in [0.25, 0.3) is 0 Å². The fourth-order valence-electron chi connectivity index (χ4n) is 3.77. The second-order valence-corrected chi connectivity index (χ2v) is 7.42. The summed E-state index contributed by atoms with van der Waals surface area (Å²) < 4.78 is 6.16. The highest BCUT2D eigenvalue weighted by Gasteiger charge is 2.33. The SMILES string of the molecule is Cl.NC1CCc2ccc(Oc3ccccc3-c3cccc(Cl)c3)cc2C1C(=O)O. The number of carboxylic acid groups (broad SMARTS) is 1. The molecule has 0 spiro atoms. The molecular formula is C23H21Cl2NO3. The van der Waals surface area contributed by atoms with Gasteiger partial charge in [0.15, 0.2) is 0 Å². The minimum Gasteiger partial charge on any atom is -0.481 e.